The van der Waals surface area contributed by atoms with E-state index in [0.717, 1.165) is 18.4 Å². The number of carbonyl (C=O) groups is 1. The molecule has 0 saturated heterocycles. The average molecular weight is 137 g/mol. The third-order valence-corrected chi connectivity index (χ3v) is 1.70. The minimum Gasteiger partial charge on any atom is -0.366 e. The highest BCUT2D eigenvalue weighted by Gasteiger charge is 2.07. The normalized spacial score (nSPS) is 17.7. The van der Waals surface area contributed by atoms with Crippen molar-refractivity contribution in [2.75, 3.05) is 0 Å². The van der Waals surface area contributed by atoms with Crippen molar-refractivity contribution in [2.24, 2.45) is 5.73 Å². The number of rotatable bonds is 1. The molecular weight excluding hydrogens is 126 g/mol. The van der Waals surface area contributed by atoms with E-state index in [1.807, 2.05) is 13.0 Å². The van der Waals surface area contributed by atoms with E-state index in [-0.39, 0.29) is 5.91 Å². The molecule has 0 aromatic heterocycles. The van der Waals surface area contributed by atoms with E-state index in [2.05, 4.69) is 0 Å². The third-order valence-electron chi connectivity index (χ3n) is 1.70. The summed E-state index contributed by atoms with van der Waals surface area (Å²) in [5.74, 6) is -0.312. The SMILES string of the molecule is CC1=C(C(N)=O)C=CCC1. The highest BCUT2D eigenvalue weighted by atomic mass is 16.1. The molecule has 0 spiro atoms. The molecule has 1 amide bonds. The Labute approximate surface area is 60.4 Å². The molecule has 2 N–H and O–H groups in total. The smallest absolute Gasteiger partial charge is 0.248 e. The molecule has 2 nitrogen and oxygen atoms in total. The van der Waals surface area contributed by atoms with Gasteiger partial charge >= 0.3 is 0 Å². The maximum atomic E-state index is 10.7. The Morgan fingerprint density at radius 1 is 1.70 bits per heavy atom. The Morgan fingerprint density at radius 3 is 2.80 bits per heavy atom. The fourth-order valence-electron chi connectivity index (χ4n) is 1.07. The van der Waals surface area contributed by atoms with Gasteiger partial charge in [0.1, 0.15) is 0 Å². The maximum absolute atomic E-state index is 10.7. The summed E-state index contributed by atoms with van der Waals surface area (Å²) in [5, 5.41) is 0. The zero-order chi connectivity index (χ0) is 7.56. The second kappa shape index (κ2) is 2.69. The number of hydrogen-bond donors (Lipinski definition) is 1. The van der Waals surface area contributed by atoms with Crippen LogP contribution in [0.1, 0.15) is 19.8 Å². The molecular formula is C8H11NO. The zero-order valence-corrected chi connectivity index (χ0v) is 6.05. The van der Waals surface area contributed by atoms with Crippen LogP contribution in [0.15, 0.2) is 23.3 Å². The molecule has 0 saturated carbocycles. The lowest BCUT2D eigenvalue weighted by atomic mass is 9.99. The van der Waals surface area contributed by atoms with Crippen LogP contribution in [0.4, 0.5) is 0 Å². The van der Waals surface area contributed by atoms with Crippen molar-refractivity contribution < 1.29 is 4.79 Å². The van der Waals surface area contributed by atoms with Gasteiger partial charge in [0.15, 0.2) is 0 Å². The average Bonchev–Trinajstić information content (AvgIpc) is 1.88. The van der Waals surface area contributed by atoms with Gasteiger partial charge in [0.25, 0.3) is 0 Å². The molecule has 0 unspecified atom stereocenters. The predicted molar refractivity (Wildman–Crippen MR) is 40.3 cm³/mol. The number of carbonyl (C=O) groups excluding carboxylic acids is 1. The van der Waals surface area contributed by atoms with Gasteiger partial charge in [0, 0.05) is 5.57 Å². The minimum atomic E-state index is -0.312. The van der Waals surface area contributed by atoms with E-state index in [1.165, 1.54) is 0 Å². The molecule has 1 aliphatic carbocycles. The molecule has 0 aliphatic heterocycles. The van der Waals surface area contributed by atoms with Gasteiger partial charge < -0.3 is 5.73 Å². The van der Waals surface area contributed by atoms with Crippen LogP contribution >= 0.6 is 0 Å². The van der Waals surface area contributed by atoms with E-state index in [1.54, 1.807) is 6.08 Å². The van der Waals surface area contributed by atoms with Crippen LogP contribution in [-0.4, -0.2) is 5.91 Å². The molecule has 54 valence electrons. The molecule has 0 aromatic carbocycles. The molecule has 1 aliphatic rings. The molecule has 0 heterocycles. The summed E-state index contributed by atoms with van der Waals surface area (Å²) >= 11 is 0. The lowest BCUT2D eigenvalue weighted by Gasteiger charge is -2.07. The Kier molecular flexibility index (Phi) is 1.90. The van der Waals surface area contributed by atoms with Gasteiger partial charge in [0.2, 0.25) is 5.91 Å². The fourth-order valence-corrected chi connectivity index (χ4v) is 1.07. The first kappa shape index (κ1) is 7.06. The lowest BCUT2D eigenvalue weighted by Crippen LogP contribution is -2.15. The summed E-state index contributed by atoms with van der Waals surface area (Å²) in [5.41, 5.74) is 6.90. The number of primary amides is 1. The second-order valence-corrected chi connectivity index (χ2v) is 2.50. The van der Waals surface area contributed by atoms with Crippen LogP contribution in [0.5, 0.6) is 0 Å². The highest BCUT2D eigenvalue weighted by molar-refractivity contribution is 5.95. The second-order valence-electron chi connectivity index (χ2n) is 2.50. The van der Waals surface area contributed by atoms with Gasteiger partial charge in [-0.05, 0) is 19.8 Å². The zero-order valence-electron chi connectivity index (χ0n) is 6.05. The summed E-state index contributed by atoms with van der Waals surface area (Å²) < 4.78 is 0. The molecule has 0 bridgehead atoms. The summed E-state index contributed by atoms with van der Waals surface area (Å²) in [6.45, 7) is 1.95. The van der Waals surface area contributed by atoms with Crippen molar-refractivity contribution in [3.63, 3.8) is 0 Å². The van der Waals surface area contributed by atoms with Crippen molar-refractivity contribution >= 4 is 5.91 Å². The first-order valence-electron chi connectivity index (χ1n) is 3.38. The van der Waals surface area contributed by atoms with Crippen LogP contribution in [-0.2, 0) is 4.79 Å². The summed E-state index contributed by atoms with van der Waals surface area (Å²) in [6, 6.07) is 0. The Morgan fingerprint density at radius 2 is 2.40 bits per heavy atom. The van der Waals surface area contributed by atoms with E-state index in [9.17, 15) is 4.79 Å². The molecule has 0 atom stereocenters. The standard InChI is InChI=1S/C8H11NO/c1-6-4-2-3-5-7(6)8(9)10/h3,5H,2,4H2,1H3,(H2,9,10). The number of allylic oxidation sites excluding steroid dienone is 2. The molecule has 10 heavy (non-hydrogen) atoms. The Balaban J connectivity index is 2.90. The van der Waals surface area contributed by atoms with Crippen molar-refractivity contribution in [2.45, 2.75) is 19.8 Å². The topological polar surface area (TPSA) is 43.1 Å². The number of amides is 1. The monoisotopic (exact) mass is 137 g/mol. The maximum Gasteiger partial charge on any atom is 0.248 e. The van der Waals surface area contributed by atoms with Crippen LogP contribution in [0.3, 0.4) is 0 Å². The molecule has 1 rings (SSSR count). The number of nitrogens with two attached hydrogens (primary N) is 1. The molecule has 0 fully saturated rings. The quantitative estimate of drug-likeness (QED) is 0.578. The largest absolute Gasteiger partial charge is 0.366 e. The summed E-state index contributed by atoms with van der Waals surface area (Å²) in [4.78, 5) is 10.7. The van der Waals surface area contributed by atoms with E-state index in [0.29, 0.717) is 5.57 Å². The van der Waals surface area contributed by atoms with Gasteiger partial charge in [-0.3, -0.25) is 4.79 Å². The Hall–Kier alpha value is -1.05. The summed E-state index contributed by atoms with van der Waals surface area (Å²) in [7, 11) is 0. The number of hydrogen-bond acceptors (Lipinski definition) is 1. The highest BCUT2D eigenvalue weighted by Crippen LogP contribution is 2.17. The van der Waals surface area contributed by atoms with Crippen LogP contribution < -0.4 is 5.73 Å². The van der Waals surface area contributed by atoms with Crippen molar-refractivity contribution in [1.29, 1.82) is 0 Å². The van der Waals surface area contributed by atoms with Crippen LogP contribution in [0, 0.1) is 0 Å². The van der Waals surface area contributed by atoms with E-state index in [4.69, 9.17) is 5.73 Å². The lowest BCUT2D eigenvalue weighted by molar-refractivity contribution is -0.114. The van der Waals surface area contributed by atoms with Crippen LogP contribution in [0.25, 0.3) is 0 Å². The predicted octanol–water partition coefficient (Wildman–Crippen LogP) is 1.14. The van der Waals surface area contributed by atoms with Gasteiger partial charge in [-0.2, -0.15) is 0 Å². The summed E-state index contributed by atoms with van der Waals surface area (Å²) in [6.07, 6.45) is 5.78. The van der Waals surface area contributed by atoms with E-state index < -0.39 is 0 Å². The molecule has 0 radical (unpaired) electrons. The Bertz CT molecular complexity index is 213. The first-order chi connectivity index (χ1) is 4.72. The minimum absolute atomic E-state index is 0.312. The van der Waals surface area contributed by atoms with Gasteiger partial charge in [0.05, 0.1) is 0 Å². The van der Waals surface area contributed by atoms with Crippen LogP contribution in [0.2, 0.25) is 0 Å². The van der Waals surface area contributed by atoms with Crippen molar-refractivity contribution in [3.05, 3.63) is 23.3 Å². The third kappa shape index (κ3) is 1.26. The molecule has 0 aromatic rings. The van der Waals surface area contributed by atoms with Gasteiger partial charge in [-0.15, -0.1) is 0 Å². The van der Waals surface area contributed by atoms with E-state index >= 15 is 0 Å². The first-order valence-corrected chi connectivity index (χ1v) is 3.38. The van der Waals surface area contributed by atoms with Crippen molar-refractivity contribution in [3.8, 4) is 0 Å². The van der Waals surface area contributed by atoms with Gasteiger partial charge in [-0.1, -0.05) is 17.7 Å². The molecule has 2 heteroatoms. The van der Waals surface area contributed by atoms with Crippen molar-refractivity contribution in [1.82, 2.24) is 0 Å². The van der Waals surface area contributed by atoms with Gasteiger partial charge in [-0.25, -0.2) is 0 Å². The fraction of sp³-hybridized carbons (Fsp3) is 0.375.